The maximum Gasteiger partial charge on any atom is 0.307 e. The Kier molecular flexibility index (Phi) is 2.13. The van der Waals surface area contributed by atoms with E-state index < -0.39 is 6.23 Å². The molecule has 0 aromatic rings. The van der Waals surface area contributed by atoms with E-state index in [0.29, 0.717) is 19.6 Å². The molecule has 1 aliphatic heterocycles. The highest BCUT2D eigenvalue weighted by Crippen LogP contribution is 2.05. The van der Waals surface area contributed by atoms with Crippen LogP contribution in [0.15, 0.2) is 0 Å². The Balaban J connectivity index is 2.31. The molecular weight excluding hydrogens is 122 g/mol. The Morgan fingerprint density at radius 1 is 1.78 bits per heavy atom. The minimum atomic E-state index is -0.394. The van der Waals surface area contributed by atoms with Gasteiger partial charge in [0.1, 0.15) is 6.61 Å². The summed E-state index contributed by atoms with van der Waals surface area (Å²) in [5.74, 6) is 0. The van der Waals surface area contributed by atoms with Gasteiger partial charge >= 0.3 is 6.23 Å². The topological polar surface area (TPSA) is 49.5 Å². The number of ether oxygens (including phenoxy) is 1. The Labute approximate surface area is 53.0 Å². The number of hydrogen-bond acceptors (Lipinski definition) is 3. The van der Waals surface area contributed by atoms with Crippen molar-refractivity contribution in [1.82, 2.24) is 0 Å². The highest BCUT2D eigenvalue weighted by molar-refractivity contribution is 4.47. The van der Waals surface area contributed by atoms with Crippen molar-refractivity contribution in [2.24, 2.45) is 0 Å². The van der Waals surface area contributed by atoms with Gasteiger partial charge in [-0.3, -0.25) is 0 Å². The van der Waals surface area contributed by atoms with Gasteiger partial charge in [-0.1, -0.05) is 0 Å². The van der Waals surface area contributed by atoms with Crippen molar-refractivity contribution < 1.29 is 14.6 Å². The Morgan fingerprint density at radius 2 is 2.56 bits per heavy atom. The van der Waals surface area contributed by atoms with Crippen molar-refractivity contribution in [1.29, 1.82) is 0 Å². The molecule has 0 aromatic heterocycles. The molecule has 1 heterocycles. The van der Waals surface area contributed by atoms with Crippen LogP contribution in [-0.2, 0) is 4.74 Å². The van der Waals surface area contributed by atoms with E-state index in [0.717, 1.165) is 4.76 Å². The zero-order valence-electron chi connectivity index (χ0n) is 5.12. The lowest BCUT2D eigenvalue weighted by molar-refractivity contribution is -0.590. The first-order chi connectivity index (χ1) is 4.34. The third-order valence-electron chi connectivity index (χ3n) is 1.32. The SMILES string of the molecule is O=[N+]1CCOC1CCO. The van der Waals surface area contributed by atoms with Crippen LogP contribution >= 0.6 is 0 Å². The normalized spacial score (nSPS) is 27.2. The molecule has 0 aromatic carbocycles. The predicted octanol–water partition coefficient (Wildman–Crippen LogP) is -0.496. The van der Waals surface area contributed by atoms with Crippen molar-refractivity contribution >= 4 is 0 Å². The monoisotopic (exact) mass is 132 g/mol. The largest absolute Gasteiger partial charge is 0.396 e. The van der Waals surface area contributed by atoms with Crippen LogP contribution in [0.3, 0.4) is 0 Å². The van der Waals surface area contributed by atoms with Gasteiger partial charge in [0.05, 0.1) is 13.0 Å². The standard InChI is InChI=1S/C5H10NO3/c7-3-1-5-6(8)2-4-9-5/h5,7H,1-4H2/q+1. The third-order valence-corrected chi connectivity index (χ3v) is 1.32. The van der Waals surface area contributed by atoms with Crippen LogP contribution in [0.2, 0.25) is 0 Å². The smallest absolute Gasteiger partial charge is 0.307 e. The number of hydrogen-bond donors (Lipinski definition) is 1. The van der Waals surface area contributed by atoms with Gasteiger partial charge in [0, 0.05) is 9.67 Å². The van der Waals surface area contributed by atoms with E-state index in [1.165, 1.54) is 0 Å². The summed E-state index contributed by atoms with van der Waals surface area (Å²) in [4.78, 5) is 10.6. The van der Waals surface area contributed by atoms with Gasteiger partial charge in [-0.25, -0.2) is 0 Å². The fourth-order valence-corrected chi connectivity index (χ4v) is 0.844. The second-order valence-electron chi connectivity index (χ2n) is 1.98. The predicted molar refractivity (Wildman–Crippen MR) is 29.9 cm³/mol. The molecular formula is C5H10NO3+. The lowest BCUT2D eigenvalue weighted by Gasteiger charge is -1.95. The van der Waals surface area contributed by atoms with Crippen LogP contribution in [0, 0.1) is 4.91 Å². The zero-order valence-corrected chi connectivity index (χ0v) is 5.12. The average molecular weight is 132 g/mol. The van der Waals surface area contributed by atoms with Gasteiger partial charge in [0.2, 0.25) is 6.54 Å². The van der Waals surface area contributed by atoms with E-state index in [2.05, 4.69) is 0 Å². The summed E-state index contributed by atoms with van der Waals surface area (Å²) in [6, 6.07) is 0. The van der Waals surface area contributed by atoms with E-state index in [1.807, 2.05) is 0 Å². The average Bonchev–Trinajstić information content (AvgIpc) is 2.18. The summed E-state index contributed by atoms with van der Waals surface area (Å²) >= 11 is 0. The minimum absolute atomic E-state index is 0.0173. The summed E-state index contributed by atoms with van der Waals surface area (Å²) in [5, 5.41) is 8.40. The summed E-state index contributed by atoms with van der Waals surface area (Å²) < 4.78 is 5.82. The first-order valence-electron chi connectivity index (χ1n) is 3.01. The van der Waals surface area contributed by atoms with E-state index >= 15 is 0 Å². The van der Waals surface area contributed by atoms with Crippen molar-refractivity contribution in [2.45, 2.75) is 12.6 Å². The minimum Gasteiger partial charge on any atom is -0.396 e. The Morgan fingerprint density at radius 3 is 3.00 bits per heavy atom. The summed E-state index contributed by atoms with van der Waals surface area (Å²) in [5.41, 5.74) is 0. The van der Waals surface area contributed by atoms with Gasteiger partial charge in [0.15, 0.2) is 0 Å². The maximum atomic E-state index is 10.6. The number of aliphatic hydroxyl groups excluding tert-OH is 1. The van der Waals surface area contributed by atoms with E-state index in [9.17, 15) is 4.91 Å². The molecule has 1 atom stereocenters. The lowest BCUT2D eigenvalue weighted by Crippen LogP contribution is -2.18. The van der Waals surface area contributed by atoms with Crippen molar-refractivity contribution in [3.8, 4) is 0 Å². The summed E-state index contributed by atoms with van der Waals surface area (Å²) in [7, 11) is 0. The number of rotatable bonds is 2. The molecule has 1 unspecified atom stereocenters. The fraction of sp³-hybridized carbons (Fsp3) is 1.00. The van der Waals surface area contributed by atoms with Crippen LogP contribution in [0.25, 0.3) is 0 Å². The Bertz CT molecular complexity index is 115. The van der Waals surface area contributed by atoms with Gasteiger partial charge in [-0.15, -0.1) is 0 Å². The van der Waals surface area contributed by atoms with Crippen molar-refractivity contribution in [2.75, 3.05) is 19.8 Å². The fourth-order valence-electron chi connectivity index (χ4n) is 0.844. The molecule has 1 N–H and O–H groups in total. The van der Waals surface area contributed by atoms with Crippen LogP contribution in [-0.4, -0.2) is 35.9 Å². The molecule has 0 saturated carbocycles. The molecule has 0 aliphatic carbocycles. The molecule has 1 aliphatic rings. The van der Waals surface area contributed by atoms with Crippen LogP contribution in [0.1, 0.15) is 6.42 Å². The lowest BCUT2D eigenvalue weighted by atomic mass is 10.4. The first kappa shape index (κ1) is 6.64. The molecule has 1 saturated heterocycles. The van der Waals surface area contributed by atoms with Crippen molar-refractivity contribution in [3.05, 3.63) is 4.91 Å². The van der Waals surface area contributed by atoms with Gasteiger partial charge in [-0.05, 0) is 0 Å². The number of nitroso groups, excluding NO2 is 1. The molecule has 9 heavy (non-hydrogen) atoms. The second kappa shape index (κ2) is 2.89. The third kappa shape index (κ3) is 1.46. The first-order valence-corrected chi connectivity index (χ1v) is 3.01. The molecule has 0 bridgehead atoms. The second-order valence-corrected chi connectivity index (χ2v) is 1.98. The summed E-state index contributed by atoms with van der Waals surface area (Å²) in [6.07, 6.45) is 0.0266. The highest BCUT2D eigenvalue weighted by atomic mass is 16.5. The van der Waals surface area contributed by atoms with Crippen LogP contribution in [0.4, 0.5) is 0 Å². The highest BCUT2D eigenvalue weighted by Gasteiger charge is 2.31. The molecule has 4 nitrogen and oxygen atoms in total. The van der Waals surface area contributed by atoms with E-state index in [4.69, 9.17) is 9.84 Å². The van der Waals surface area contributed by atoms with Gasteiger partial charge in [-0.2, -0.15) is 0 Å². The quantitative estimate of drug-likeness (QED) is 0.515. The molecule has 0 radical (unpaired) electrons. The van der Waals surface area contributed by atoms with Crippen LogP contribution < -0.4 is 0 Å². The maximum absolute atomic E-state index is 10.6. The molecule has 52 valence electrons. The molecule has 0 spiro atoms. The van der Waals surface area contributed by atoms with Gasteiger partial charge in [0.25, 0.3) is 0 Å². The van der Waals surface area contributed by atoms with Gasteiger partial charge < -0.3 is 9.84 Å². The molecule has 1 rings (SSSR count). The van der Waals surface area contributed by atoms with Crippen LogP contribution in [0.5, 0.6) is 0 Å². The summed E-state index contributed by atoms with van der Waals surface area (Å²) in [6.45, 7) is 0.947. The number of nitrogens with zero attached hydrogens (tertiary/aromatic N) is 1. The molecule has 0 amide bonds. The Hall–Kier alpha value is -0.480. The zero-order chi connectivity index (χ0) is 6.69. The molecule has 1 fully saturated rings. The van der Waals surface area contributed by atoms with E-state index in [1.54, 1.807) is 0 Å². The van der Waals surface area contributed by atoms with Crippen molar-refractivity contribution in [3.63, 3.8) is 0 Å². The number of aliphatic hydroxyl groups is 1. The van der Waals surface area contributed by atoms with E-state index in [-0.39, 0.29) is 6.61 Å². The molecule has 4 heteroatoms.